The summed E-state index contributed by atoms with van der Waals surface area (Å²) in [5.41, 5.74) is 6.29. The van der Waals surface area contributed by atoms with Gasteiger partial charge in [0.15, 0.2) is 17.3 Å². The van der Waals surface area contributed by atoms with Crippen molar-refractivity contribution in [2.24, 2.45) is 0 Å². The monoisotopic (exact) mass is 292 g/mol. The summed E-state index contributed by atoms with van der Waals surface area (Å²) in [5.74, 6) is -1.81. The van der Waals surface area contributed by atoms with Crippen molar-refractivity contribution >= 4 is 11.6 Å². The molecule has 0 bridgehead atoms. The maximum atomic E-state index is 13.6. The van der Waals surface area contributed by atoms with Gasteiger partial charge in [0.2, 0.25) is 0 Å². The summed E-state index contributed by atoms with van der Waals surface area (Å²) in [6, 6.07) is 7.25. The van der Waals surface area contributed by atoms with Gasteiger partial charge in [-0.05, 0) is 30.3 Å². The predicted octanol–water partition coefficient (Wildman–Crippen LogP) is 3.04. The van der Waals surface area contributed by atoms with E-state index in [2.05, 4.69) is 0 Å². The van der Waals surface area contributed by atoms with Crippen LogP contribution in [0.1, 0.15) is 10.4 Å². The van der Waals surface area contributed by atoms with Gasteiger partial charge in [0.25, 0.3) is 5.91 Å². The molecule has 2 aromatic carbocycles. The Morgan fingerprint density at radius 3 is 2.48 bits per heavy atom. The molecule has 0 aliphatic heterocycles. The first-order valence-electron chi connectivity index (χ1n) is 6.12. The molecule has 0 spiro atoms. The van der Waals surface area contributed by atoms with E-state index in [-0.39, 0.29) is 23.1 Å². The lowest BCUT2D eigenvalue weighted by molar-refractivity contribution is 0.0827. The Morgan fingerprint density at radius 1 is 1.10 bits per heavy atom. The average Bonchev–Trinajstić information content (AvgIpc) is 2.44. The van der Waals surface area contributed by atoms with Gasteiger partial charge in [-0.15, -0.1) is 0 Å². The fourth-order valence-electron chi connectivity index (χ4n) is 1.69. The standard InChI is InChI=1S/C15H14F2N2O2/c1-19(2)15(20)9-3-6-12(18)14(7-9)21-13-8-10(16)4-5-11(13)17/h3-8H,18H2,1-2H3. The van der Waals surface area contributed by atoms with Crippen LogP contribution in [-0.2, 0) is 0 Å². The molecule has 0 aromatic heterocycles. The minimum absolute atomic E-state index is 0.0900. The number of halogens is 2. The third-order valence-corrected chi connectivity index (χ3v) is 2.78. The van der Waals surface area contributed by atoms with E-state index < -0.39 is 11.6 Å². The van der Waals surface area contributed by atoms with Gasteiger partial charge in [0.05, 0.1) is 5.69 Å². The maximum absolute atomic E-state index is 13.6. The van der Waals surface area contributed by atoms with Crippen LogP contribution < -0.4 is 10.5 Å². The van der Waals surface area contributed by atoms with Gasteiger partial charge >= 0.3 is 0 Å². The number of carbonyl (C=O) groups is 1. The van der Waals surface area contributed by atoms with E-state index in [1.54, 1.807) is 14.1 Å². The largest absolute Gasteiger partial charge is 0.452 e. The van der Waals surface area contributed by atoms with Crippen molar-refractivity contribution in [1.29, 1.82) is 0 Å². The molecule has 2 aromatic rings. The van der Waals surface area contributed by atoms with Crippen molar-refractivity contribution < 1.29 is 18.3 Å². The van der Waals surface area contributed by atoms with Gasteiger partial charge in [-0.25, -0.2) is 8.78 Å². The van der Waals surface area contributed by atoms with Crippen LogP contribution in [0.5, 0.6) is 11.5 Å². The zero-order valence-electron chi connectivity index (χ0n) is 11.6. The van der Waals surface area contributed by atoms with E-state index >= 15 is 0 Å². The zero-order chi connectivity index (χ0) is 15.6. The molecule has 21 heavy (non-hydrogen) atoms. The summed E-state index contributed by atoms with van der Waals surface area (Å²) in [4.78, 5) is 13.3. The van der Waals surface area contributed by atoms with Crippen molar-refractivity contribution in [2.75, 3.05) is 19.8 Å². The lowest BCUT2D eigenvalue weighted by atomic mass is 10.1. The number of benzene rings is 2. The highest BCUT2D eigenvalue weighted by molar-refractivity contribution is 5.94. The van der Waals surface area contributed by atoms with E-state index in [1.807, 2.05) is 0 Å². The Labute approximate surface area is 120 Å². The third-order valence-electron chi connectivity index (χ3n) is 2.78. The summed E-state index contributed by atoms with van der Waals surface area (Å²) in [6.45, 7) is 0. The van der Waals surface area contributed by atoms with Crippen LogP contribution in [0.25, 0.3) is 0 Å². The second-order valence-electron chi connectivity index (χ2n) is 4.63. The van der Waals surface area contributed by atoms with E-state index in [0.717, 1.165) is 18.2 Å². The Balaban J connectivity index is 2.37. The summed E-state index contributed by atoms with van der Waals surface area (Å²) < 4.78 is 32.0. The minimum Gasteiger partial charge on any atom is -0.452 e. The molecular formula is C15H14F2N2O2. The molecule has 0 heterocycles. The van der Waals surface area contributed by atoms with Gasteiger partial charge in [0, 0.05) is 25.7 Å². The van der Waals surface area contributed by atoms with Crippen LogP contribution in [0, 0.1) is 11.6 Å². The van der Waals surface area contributed by atoms with Crippen molar-refractivity contribution in [3.63, 3.8) is 0 Å². The summed E-state index contributed by atoms with van der Waals surface area (Å²) >= 11 is 0. The molecular weight excluding hydrogens is 278 g/mol. The van der Waals surface area contributed by atoms with E-state index in [1.165, 1.54) is 23.1 Å². The lowest BCUT2D eigenvalue weighted by Crippen LogP contribution is -2.21. The Kier molecular flexibility index (Phi) is 4.07. The van der Waals surface area contributed by atoms with E-state index in [0.29, 0.717) is 5.56 Å². The lowest BCUT2D eigenvalue weighted by Gasteiger charge is -2.13. The average molecular weight is 292 g/mol. The van der Waals surface area contributed by atoms with Gasteiger partial charge in [-0.3, -0.25) is 4.79 Å². The first-order chi connectivity index (χ1) is 9.88. The van der Waals surface area contributed by atoms with Crippen molar-refractivity contribution in [2.45, 2.75) is 0 Å². The number of nitrogens with zero attached hydrogens (tertiary/aromatic N) is 1. The highest BCUT2D eigenvalue weighted by Gasteiger charge is 2.13. The number of carbonyl (C=O) groups excluding carboxylic acids is 1. The summed E-state index contributed by atoms with van der Waals surface area (Å²) in [6.07, 6.45) is 0. The first-order valence-corrected chi connectivity index (χ1v) is 6.12. The van der Waals surface area contributed by atoms with E-state index in [4.69, 9.17) is 10.5 Å². The summed E-state index contributed by atoms with van der Waals surface area (Å²) in [5, 5.41) is 0. The second kappa shape index (κ2) is 5.78. The highest BCUT2D eigenvalue weighted by Crippen LogP contribution is 2.30. The topological polar surface area (TPSA) is 55.6 Å². The fraction of sp³-hybridized carbons (Fsp3) is 0.133. The molecule has 0 unspecified atom stereocenters. The van der Waals surface area contributed by atoms with Crippen LogP contribution in [0.15, 0.2) is 36.4 Å². The molecule has 0 aliphatic carbocycles. The number of nitrogens with two attached hydrogens (primary N) is 1. The smallest absolute Gasteiger partial charge is 0.253 e. The molecule has 2 N–H and O–H groups in total. The second-order valence-corrected chi connectivity index (χ2v) is 4.63. The molecule has 110 valence electrons. The molecule has 0 radical (unpaired) electrons. The van der Waals surface area contributed by atoms with E-state index in [9.17, 15) is 13.6 Å². The normalized spacial score (nSPS) is 10.3. The molecule has 0 fully saturated rings. The van der Waals surface area contributed by atoms with Gasteiger partial charge in [0.1, 0.15) is 5.82 Å². The number of ether oxygens (including phenoxy) is 1. The zero-order valence-corrected chi connectivity index (χ0v) is 11.6. The summed E-state index contributed by atoms with van der Waals surface area (Å²) in [7, 11) is 3.21. The third kappa shape index (κ3) is 3.28. The molecule has 2 rings (SSSR count). The van der Waals surface area contributed by atoms with Crippen molar-refractivity contribution in [1.82, 2.24) is 4.90 Å². The Bertz CT molecular complexity index is 687. The van der Waals surface area contributed by atoms with Crippen molar-refractivity contribution in [3.8, 4) is 11.5 Å². The number of rotatable bonds is 3. The molecule has 0 atom stereocenters. The molecule has 0 aliphatic rings. The predicted molar refractivity (Wildman–Crippen MR) is 75.3 cm³/mol. The number of amides is 1. The molecule has 0 saturated heterocycles. The number of hydrogen-bond donors (Lipinski definition) is 1. The quantitative estimate of drug-likeness (QED) is 0.885. The molecule has 1 amide bonds. The van der Waals surface area contributed by atoms with Crippen LogP contribution in [0.4, 0.5) is 14.5 Å². The Hall–Kier alpha value is -2.63. The van der Waals surface area contributed by atoms with Crippen LogP contribution in [0.3, 0.4) is 0 Å². The first kappa shape index (κ1) is 14.8. The molecule has 4 nitrogen and oxygen atoms in total. The number of anilines is 1. The van der Waals surface area contributed by atoms with Crippen molar-refractivity contribution in [3.05, 3.63) is 53.6 Å². The fourth-order valence-corrected chi connectivity index (χ4v) is 1.69. The minimum atomic E-state index is -0.722. The van der Waals surface area contributed by atoms with Crippen LogP contribution in [-0.4, -0.2) is 24.9 Å². The van der Waals surface area contributed by atoms with Gasteiger partial charge in [-0.1, -0.05) is 0 Å². The SMILES string of the molecule is CN(C)C(=O)c1ccc(N)c(Oc2cc(F)ccc2F)c1. The Morgan fingerprint density at radius 2 is 1.81 bits per heavy atom. The number of hydrogen-bond acceptors (Lipinski definition) is 3. The van der Waals surface area contributed by atoms with Gasteiger partial charge < -0.3 is 15.4 Å². The highest BCUT2D eigenvalue weighted by atomic mass is 19.1. The molecule has 6 heteroatoms. The van der Waals surface area contributed by atoms with Gasteiger partial charge in [-0.2, -0.15) is 0 Å². The van der Waals surface area contributed by atoms with Crippen LogP contribution >= 0.6 is 0 Å². The molecule has 0 saturated carbocycles. The van der Waals surface area contributed by atoms with Crippen LogP contribution in [0.2, 0.25) is 0 Å². The maximum Gasteiger partial charge on any atom is 0.253 e. The number of nitrogen functional groups attached to an aromatic ring is 1.